The van der Waals surface area contributed by atoms with E-state index in [1.807, 2.05) is 19.2 Å². The second-order valence-corrected chi connectivity index (χ2v) is 6.08. The van der Waals surface area contributed by atoms with E-state index in [1.165, 1.54) is 0 Å². The van der Waals surface area contributed by atoms with Crippen LogP contribution in [-0.4, -0.2) is 34.0 Å². The van der Waals surface area contributed by atoms with Gasteiger partial charge in [-0.3, -0.25) is 9.69 Å². The summed E-state index contributed by atoms with van der Waals surface area (Å²) in [4.78, 5) is 18.2. The molecule has 2 rings (SSSR count). The van der Waals surface area contributed by atoms with Gasteiger partial charge in [-0.1, -0.05) is 6.92 Å². The molecule has 0 radical (unpaired) electrons. The van der Waals surface area contributed by atoms with Gasteiger partial charge in [0.25, 0.3) is 0 Å². The molecule has 1 aliphatic heterocycles. The van der Waals surface area contributed by atoms with Crippen LogP contribution < -0.4 is 0 Å². The molecule has 0 amide bonds. The van der Waals surface area contributed by atoms with E-state index in [1.54, 1.807) is 11.3 Å². The summed E-state index contributed by atoms with van der Waals surface area (Å²) in [5, 5.41) is 12.6. The molecule has 0 spiro atoms. The average Bonchev–Trinajstić information content (AvgIpc) is 2.74. The molecule has 0 saturated carbocycles. The molecule has 0 bridgehead atoms. The minimum absolute atomic E-state index is 0.551. The Balaban J connectivity index is 2.04. The number of hydrogen-bond donors (Lipinski definition) is 1. The number of likely N-dealkylation sites (tertiary alicyclic amines) is 1. The lowest BCUT2D eigenvalue weighted by atomic mass is 9.77. The smallest absolute Gasteiger partial charge is 0.310 e. The van der Waals surface area contributed by atoms with Gasteiger partial charge in [-0.25, -0.2) is 4.98 Å². The van der Waals surface area contributed by atoms with Crippen LogP contribution in [0.25, 0.3) is 0 Å². The third kappa shape index (κ3) is 2.72. The Morgan fingerprint density at radius 3 is 3.00 bits per heavy atom. The van der Waals surface area contributed by atoms with Gasteiger partial charge < -0.3 is 5.11 Å². The van der Waals surface area contributed by atoms with E-state index in [0.717, 1.165) is 36.6 Å². The van der Waals surface area contributed by atoms with Gasteiger partial charge in [0.1, 0.15) is 5.01 Å². The molecule has 5 heteroatoms. The largest absolute Gasteiger partial charge is 0.481 e. The van der Waals surface area contributed by atoms with Crippen molar-refractivity contribution in [3.8, 4) is 0 Å². The number of thiazole rings is 1. The van der Waals surface area contributed by atoms with Crippen LogP contribution in [-0.2, 0) is 11.3 Å². The Bertz CT molecular complexity index is 432. The maximum absolute atomic E-state index is 11.5. The van der Waals surface area contributed by atoms with Gasteiger partial charge in [0.05, 0.1) is 12.0 Å². The van der Waals surface area contributed by atoms with Crippen molar-refractivity contribution in [3.05, 3.63) is 16.1 Å². The van der Waals surface area contributed by atoms with Gasteiger partial charge >= 0.3 is 5.97 Å². The summed E-state index contributed by atoms with van der Waals surface area (Å²) in [5.74, 6) is -0.648. The molecule has 2 heterocycles. The highest BCUT2D eigenvalue weighted by molar-refractivity contribution is 7.09. The highest BCUT2D eigenvalue weighted by Crippen LogP contribution is 2.34. The summed E-state index contributed by atoms with van der Waals surface area (Å²) in [6, 6.07) is 0. The van der Waals surface area contributed by atoms with E-state index < -0.39 is 11.4 Å². The summed E-state index contributed by atoms with van der Waals surface area (Å²) in [5.41, 5.74) is 0.497. The summed E-state index contributed by atoms with van der Waals surface area (Å²) >= 11 is 1.66. The van der Waals surface area contributed by atoms with Gasteiger partial charge in [0.2, 0.25) is 0 Å². The van der Waals surface area contributed by atoms with E-state index in [-0.39, 0.29) is 0 Å². The van der Waals surface area contributed by atoms with Crippen molar-refractivity contribution in [1.82, 2.24) is 9.88 Å². The number of aromatic nitrogens is 1. The SMILES string of the molecule is CCC1(C(=O)O)CCCN(Cc2nc(C)cs2)C1. The highest BCUT2D eigenvalue weighted by Gasteiger charge is 2.40. The van der Waals surface area contributed by atoms with Crippen molar-refractivity contribution in [1.29, 1.82) is 0 Å². The summed E-state index contributed by atoms with van der Waals surface area (Å²) < 4.78 is 0. The van der Waals surface area contributed by atoms with E-state index >= 15 is 0 Å². The van der Waals surface area contributed by atoms with Gasteiger partial charge in [0, 0.05) is 17.6 Å². The number of piperidine rings is 1. The quantitative estimate of drug-likeness (QED) is 0.911. The average molecular weight is 268 g/mol. The van der Waals surface area contributed by atoms with E-state index in [4.69, 9.17) is 0 Å². The maximum atomic E-state index is 11.5. The molecule has 1 unspecified atom stereocenters. The zero-order valence-electron chi connectivity index (χ0n) is 11.0. The topological polar surface area (TPSA) is 53.4 Å². The van der Waals surface area contributed by atoms with E-state index in [9.17, 15) is 9.90 Å². The number of nitrogens with zero attached hydrogens (tertiary/aromatic N) is 2. The van der Waals surface area contributed by atoms with Crippen LogP contribution in [0.2, 0.25) is 0 Å². The fraction of sp³-hybridized carbons (Fsp3) is 0.692. The van der Waals surface area contributed by atoms with Crippen molar-refractivity contribution in [2.24, 2.45) is 5.41 Å². The molecule has 4 nitrogen and oxygen atoms in total. The van der Waals surface area contributed by atoms with Crippen molar-refractivity contribution in [3.63, 3.8) is 0 Å². The molecule has 1 atom stereocenters. The number of aliphatic carboxylic acids is 1. The lowest BCUT2D eigenvalue weighted by molar-refractivity contribution is -0.153. The van der Waals surface area contributed by atoms with E-state index in [2.05, 4.69) is 9.88 Å². The second kappa shape index (κ2) is 5.36. The first-order chi connectivity index (χ1) is 8.55. The van der Waals surface area contributed by atoms with Crippen molar-refractivity contribution in [2.45, 2.75) is 39.7 Å². The number of carboxylic acid groups (broad SMARTS) is 1. The molecule has 0 aromatic carbocycles. The third-order valence-corrected chi connectivity index (χ3v) is 4.76. The fourth-order valence-corrected chi connectivity index (χ4v) is 3.46. The van der Waals surface area contributed by atoms with Crippen LogP contribution in [0.5, 0.6) is 0 Å². The van der Waals surface area contributed by atoms with Gasteiger partial charge in [0.15, 0.2) is 0 Å². The van der Waals surface area contributed by atoms with Gasteiger partial charge in [-0.2, -0.15) is 0 Å². The van der Waals surface area contributed by atoms with E-state index in [0.29, 0.717) is 13.0 Å². The first-order valence-corrected chi connectivity index (χ1v) is 7.30. The number of carboxylic acids is 1. The zero-order valence-corrected chi connectivity index (χ0v) is 11.8. The predicted molar refractivity (Wildman–Crippen MR) is 71.7 cm³/mol. The standard InChI is InChI=1S/C13H20N2O2S/c1-3-13(12(16)17)5-4-6-15(9-13)7-11-14-10(2)8-18-11/h8H,3-7,9H2,1-2H3,(H,16,17). The Hall–Kier alpha value is -0.940. The predicted octanol–water partition coefficient (Wildman–Crippen LogP) is 2.53. The minimum atomic E-state index is -0.648. The highest BCUT2D eigenvalue weighted by atomic mass is 32.1. The van der Waals surface area contributed by atoms with Crippen LogP contribution in [0, 0.1) is 12.3 Å². The van der Waals surface area contributed by atoms with Crippen LogP contribution in [0.15, 0.2) is 5.38 Å². The van der Waals surface area contributed by atoms with Crippen LogP contribution in [0.4, 0.5) is 0 Å². The molecule has 100 valence electrons. The number of hydrogen-bond acceptors (Lipinski definition) is 4. The van der Waals surface area contributed by atoms with Gasteiger partial charge in [-0.15, -0.1) is 11.3 Å². The number of carbonyl (C=O) groups is 1. The Morgan fingerprint density at radius 2 is 2.44 bits per heavy atom. The molecule has 1 aliphatic rings. The first kappa shape index (κ1) is 13.5. The lowest BCUT2D eigenvalue weighted by Crippen LogP contribution is -2.47. The van der Waals surface area contributed by atoms with Crippen molar-refractivity contribution >= 4 is 17.3 Å². The van der Waals surface area contributed by atoms with Crippen LogP contribution in [0.3, 0.4) is 0 Å². The van der Waals surface area contributed by atoms with Crippen LogP contribution in [0.1, 0.15) is 36.9 Å². The molecule has 18 heavy (non-hydrogen) atoms. The maximum Gasteiger partial charge on any atom is 0.310 e. The van der Waals surface area contributed by atoms with Crippen molar-refractivity contribution < 1.29 is 9.90 Å². The number of rotatable bonds is 4. The molecular weight excluding hydrogens is 248 g/mol. The zero-order chi connectivity index (χ0) is 13.2. The molecule has 1 saturated heterocycles. The van der Waals surface area contributed by atoms with Crippen molar-refractivity contribution in [2.75, 3.05) is 13.1 Å². The monoisotopic (exact) mass is 268 g/mol. The lowest BCUT2D eigenvalue weighted by Gasteiger charge is -2.39. The normalized spacial score (nSPS) is 25.2. The molecule has 1 aromatic heterocycles. The molecule has 1 aromatic rings. The molecule has 1 N–H and O–H groups in total. The second-order valence-electron chi connectivity index (χ2n) is 5.14. The Morgan fingerprint density at radius 1 is 1.67 bits per heavy atom. The molecule has 1 fully saturated rings. The van der Waals surface area contributed by atoms with Gasteiger partial charge in [-0.05, 0) is 32.7 Å². The first-order valence-electron chi connectivity index (χ1n) is 6.42. The summed E-state index contributed by atoms with van der Waals surface area (Å²) in [6.45, 7) is 6.38. The third-order valence-electron chi connectivity index (χ3n) is 3.81. The molecule has 0 aliphatic carbocycles. The fourth-order valence-electron chi connectivity index (χ4n) is 2.64. The Labute approximate surface area is 112 Å². The minimum Gasteiger partial charge on any atom is -0.481 e. The summed E-state index contributed by atoms with van der Waals surface area (Å²) in [6.07, 6.45) is 2.46. The number of aryl methyl sites for hydroxylation is 1. The van der Waals surface area contributed by atoms with Crippen LogP contribution >= 0.6 is 11.3 Å². The summed E-state index contributed by atoms with van der Waals surface area (Å²) in [7, 11) is 0. The molecular formula is C13H20N2O2S. The Kier molecular flexibility index (Phi) is 4.02.